The van der Waals surface area contributed by atoms with Crippen molar-refractivity contribution in [3.63, 3.8) is 0 Å². The van der Waals surface area contributed by atoms with E-state index in [0.29, 0.717) is 0 Å². The molecule has 0 unspecified atom stereocenters. The first-order valence-corrected chi connectivity index (χ1v) is 8.17. The minimum atomic E-state index is -1.23. The van der Waals surface area contributed by atoms with Crippen molar-refractivity contribution < 1.29 is 19.1 Å². The maximum atomic E-state index is 12.7. The first-order chi connectivity index (χ1) is 11.7. The van der Waals surface area contributed by atoms with Crippen molar-refractivity contribution in [3.05, 3.63) is 29.8 Å². The molecule has 1 aromatic carbocycles. The van der Waals surface area contributed by atoms with E-state index in [0.717, 1.165) is 16.2 Å². The number of imide groups is 1. The molecule has 2 fully saturated rings. The molecule has 134 valence electrons. The van der Waals surface area contributed by atoms with E-state index in [-0.39, 0.29) is 11.8 Å². The lowest BCUT2D eigenvalue weighted by atomic mass is 9.80. The largest absolute Gasteiger partial charge is 0.468 e. The van der Waals surface area contributed by atoms with Gasteiger partial charge in [0.05, 0.1) is 18.9 Å². The number of carbonyl (C=O) groups is 3. The van der Waals surface area contributed by atoms with Crippen LogP contribution in [0.1, 0.15) is 18.5 Å². The number of anilines is 1. The fourth-order valence-electron chi connectivity index (χ4n) is 3.95. The van der Waals surface area contributed by atoms with Gasteiger partial charge in [-0.2, -0.15) is 0 Å². The Morgan fingerprint density at radius 3 is 2.32 bits per heavy atom. The number of ether oxygens (including phenoxy) is 1. The molecular formula is C18H23N3O4. The van der Waals surface area contributed by atoms with Crippen LogP contribution in [0.4, 0.5) is 5.69 Å². The number of nitrogens with one attached hydrogen (secondary N) is 1. The number of likely N-dealkylation sites (tertiary alicyclic amines) is 1. The molecule has 2 saturated heterocycles. The topological polar surface area (TPSA) is 79.0 Å². The van der Waals surface area contributed by atoms with Crippen molar-refractivity contribution in [1.29, 1.82) is 0 Å². The highest BCUT2D eigenvalue weighted by Gasteiger charge is 2.66. The lowest BCUT2D eigenvalue weighted by Gasteiger charge is -2.28. The number of amides is 2. The normalized spacial score (nSPS) is 31.2. The monoisotopic (exact) mass is 345 g/mol. The van der Waals surface area contributed by atoms with Crippen LogP contribution >= 0.6 is 0 Å². The van der Waals surface area contributed by atoms with Crippen LogP contribution in [0, 0.1) is 11.8 Å². The third-order valence-electron chi connectivity index (χ3n) is 5.39. The Hall–Kier alpha value is -2.41. The first-order valence-electron chi connectivity index (χ1n) is 8.17. The highest BCUT2D eigenvalue weighted by molar-refractivity contribution is 6.09. The van der Waals surface area contributed by atoms with Gasteiger partial charge in [0, 0.05) is 32.9 Å². The Labute approximate surface area is 146 Å². The molecule has 0 spiro atoms. The summed E-state index contributed by atoms with van der Waals surface area (Å²) in [4.78, 5) is 40.7. The summed E-state index contributed by atoms with van der Waals surface area (Å²) in [6.07, 6.45) is 0. The molecule has 1 aromatic rings. The average Bonchev–Trinajstić information content (AvgIpc) is 3.04. The SMILES string of the molecule is COC(=O)[C@]1(C)N[C@H](c2ccc(N(C)C)cc2)[C@@H]2C(=O)N(C)C(=O)[C@@H]21. The number of carbonyl (C=O) groups excluding carboxylic acids is 3. The summed E-state index contributed by atoms with van der Waals surface area (Å²) < 4.78 is 4.91. The maximum absolute atomic E-state index is 12.7. The Balaban J connectivity index is 2.04. The number of methoxy groups -OCH3 is 1. The highest BCUT2D eigenvalue weighted by atomic mass is 16.5. The van der Waals surface area contributed by atoms with Gasteiger partial charge in [-0.1, -0.05) is 12.1 Å². The molecule has 7 nitrogen and oxygen atoms in total. The maximum Gasteiger partial charge on any atom is 0.326 e. The van der Waals surface area contributed by atoms with E-state index in [2.05, 4.69) is 5.32 Å². The summed E-state index contributed by atoms with van der Waals surface area (Å²) >= 11 is 0. The van der Waals surface area contributed by atoms with E-state index in [9.17, 15) is 14.4 Å². The van der Waals surface area contributed by atoms with Gasteiger partial charge in [0.15, 0.2) is 0 Å². The standard InChI is InChI=1S/C18H23N3O4/c1-18(17(24)25-5)13-12(15(22)21(4)16(13)23)14(19-18)10-6-8-11(9-7-10)20(2)3/h6-9,12-14,19H,1-5H3/t12-,13-,14-,18-/m1/s1. The molecule has 2 amide bonds. The summed E-state index contributed by atoms with van der Waals surface area (Å²) in [5.41, 5.74) is 0.659. The molecule has 7 heteroatoms. The van der Waals surface area contributed by atoms with Crippen molar-refractivity contribution in [1.82, 2.24) is 10.2 Å². The zero-order valence-corrected chi connectivity index (χ0v) is 15.1. The van der Waals surface area contributed by atoms with Crippen molar-refractivity contribution in [2.45, 2.75) is 18.5 Å². The third kappa shape index (κ3) is 2.41. The molecule has 2 aliphatic rings. The summed E-state index contributed by atoms with van der Waals surface area (Å²) in [7, 11) is 6.64. The quantitative estimate of drug-likeness (QED) is 0.637. The van der Waals surface area contributed by atoms with Crippen molar-refractivity contribution in [3.8, 4) is 0 Å². The van der Waals surface area contributed by atoms with Crippen molar-refractivity contribution in [2.24, 2.45) is 11.8 Å². The van der Waals surface area contributed by atoms with E-state index >= 15 is 0 Å². The number of rotatable bonds is 3. The second-order valence-electron chi connectivity index (χ2n) is 7.04. The fraction of sp³-hybridized carbons (Fsp3) is 0.500. The highest BCUT2D eigenvalue weighted by Crippen LogP contribution is 2.48. The molecule has 1 N–H and O–H groups in total. The zero-order valence-electron chi connectivity index (χ0n) is 15.1. The summed E-state index contributed by atoms with van der Waals surface area (Å²) in [5, 5.41) is 3.21. The van der Waals surface area contributed by atoms with Crippen LogP contribution in [0.2, 0.25) is 0 Å². The van der Waals surface area contributed by atoms with E-state index in [4.69, 9.17) is 4.74 Å². The predicted octanol–water partition coefficient (Wildman–Crippen LogP) is 0.560. The van der Waals surface area contributed by atoms with Gasteiger partial charge >= 0.3 is 5.97 Å². The fourth-order valence-corrected chi connectivity index (χ4v) is 3.95. The molecule has 0 radical (unpaired) electrons. The number of hydrogen-bond acceptors (Lipinski definition) is 6. The molecule has 2 aliphatic heterocycles. The molecule has 0 bridgehead atoms. The average molecular weight is 345 g/mol. The van der Waals surface area contributed by atoms with Crippen LogP contribution in [0.15, 0.2) is 24.3 Å². The lowest BCUT2D eigenvalue weighted by molar-refractivity contribution is -0.152. The second-order valence-corrected chi connectivity index (χ2v) is 7.04. The van der Waals surface area contributed by atoms with Gasteiger partial charge in [0.1, 0.15) is 5.54 Å². The van der Waals surface area contributed by atoms with Gasteiger partial charge in [-0.15, -0.1) is 0 Å². The second kappa shape index (κ2) is 5.84. The lowest BCUT2D eigenvalue weighted by Crippen LogP contribution is -2.53. The number of benzene rings is 1. The summed E-state index contributed by atoms with van der Waals surface area (Å²) in [6.45, 7) is 1.63. The van der Waals surface area contributed by atoms with Crippen LogP contribution in [-0.4, -0.2) is 56.5 Å². The van der Waals surface area contributed by atoms with E-state index < -0.39 is 29.4 Å². The molecular weight excluding hydrogens is 322 g/mol. The zero-order chi connectivity index (χ0) is 18.5. The van der Waals surface area contributed by atoms with Crippen LogP contribution in [-0.2, 0) is 19.1 Å². The smallest absolute Gasteiger partial charge is 0.326 e. The van der Waals surface area contributed by atoms with Gasteiger partial charge in [0.25, 0.3) is 0 Å². The Morgan fingerprint density at radius 1 is 1.20 bits per heavy atom. The Kier molecular flexibility index (Phi) is 4.07. The van der Waals surface area contributed by atoms with Crippen molar-refractivity contribution in [2.75, 3.05) is 33.2 Å². The van der Waals surface area contributed by atoms with Crippen LogP contribution in [0.3, 0.4) is 0 Å². The molecule has 0 saturated carbocycles. The number of nitrogens with zero attached hydrogens (tertiary/aromatic N) is 2. The third-order valence-corrected chi connectivity index (χ3v) is 5.39. The number of esters is 1. The van der Waals surface area contributed by atoms with Crippen LogP contribution in [0.5, 0.6) is 0 Å². The van der Waals surface area contributed by atoms with E-state index in [1.165, 1.54) is 14.2 Å². The van der Waals surface area contributed by atoms with Crippen molar-refractivity contribution >= 4 is 23.5 Å². The van der Waals surface area contributed by atoms with Gasteiger partial charge in [-0.25, -0.2) is 0 Å². The number of fused-ring (bicyclic) bond motifs is 1. The minimum Gasteiger partial charge on any atom is -0.468 e. The Bertz CT molecular complexity index is 730. The molecule has 2 heterocycles. The molecule has 4 atom stereocenters. The molecule has 0 aliphatic carbocycles. The van der Waals surface area contributed by atoms with Gasteiger partial charge in [-0.3, -0.25) is 24.6 Å². The van der Waals surface area contributed by atoms with Crippen LogP contribution in [0.25, 0.3) is 0 Å². The van der Waals surface area contributed by atoms with E-state index in [1.807, 2.05) is 43.3 Å². The van der Waals surface area contributed by atoms with Crippen LogP contribution < -0.4 is 10.2 Å². The molecule has 0 aromatic heterocycles. The van der Waals surface area contributed by atoms with Gasteiger partial charge in [-0.05, 0) is 24.6 Å². The minimum absolute atomic E-state index is 0.267. The summed E-state index contributed by atoms with van der Waals surface area (Å²) in [5.74, 6) is -2.53. The summed E-state index contributed by atoms with van der Waals surface area (Å²) in [6, 6.07) is 7.31. The number of hydrogen-bond donors (Lipinski definition) is 1. The van der Waals surface area contributed by atoms with E-state index in [1.54, 1.807) is 6.92 Å². The van der Waals surface area contributed by atoms with Gasteiger partial charge in [0.2, 0.25) is 11.8 Å². The molecule has 3 rings (SSSR count). The Morgan fingerprint density at radius 2 is 1.80 bits per heavy atom. The molecule has 25 heavy (non-hydrogen) atoms. The van der Waals surface area contributed by atoms with Gasteiger partial charge < -0.3 is 9.64 Å². The predicted molar refractivity (Wildman–Crippen MR) is 91.8 cm³/mol. The first kappa shape index (κ1) is 17.4.